The van der Waals surface area contributed by atoms with E-state index in [0.29, 0.717) is 6.04 Å². The van der Waals surface area contributed by atoms with Gasteiger partial charge in [-0.05, 0) is 44.7 Å². The number of hydrogen-bond acceptors (Lipinski definition) is 2. The molecule has 2 fully saturated rings. The third-order valence-corrected chi connectivity index (χ3v) is 4.10. The van der Waals surface area contributed by atoms with Crippen molar-refractivity contribution in [3.8, 4) is 0 Å². The summed E-state index contributed by atoms with van der Waals surface area (Å²) in [7, 11) is 0. The summed E-state index contributed by atoms with van der Waals surface area (Å²) in [5, 5.41) is 6.87. The summed E-state index contributed by atoms with van der Waals surface area (Å²) in [5.74, 6) is 2.58. The van der Waals surface area contributed by atoms with Gasteiger partial charge in [0.25, 0.3) is 0 Å². The lowest BCUT2D eigenvalue weighted by Crippen LogP contribution is -2.39. The van der Waals surface area contributed by atoms with E-state index < -0.39 is 0 Å². The highest BCUT2D eigenvalue weighted by Crippen LogP contribution is 2.28. The fourth-order valence-electron chi connectivity index (χ4n) is 2.59. The molecular formula is C14H28N4. The summed E-state index contributed by atoms with van der Waals surface area (Å²) in [6.45, 7) is 12.2. The largest absolute Gasteiger partial charge is 0.357 e. The second-order valence-corrected chi connectivity index (χ2v) is 5.73. The predicted octanol–water partition coefficient (Wildman–Crippen LogP) is 1.29. The van der Waals surface area contributed by atoms with E-state index in [2.05, 4.69) is 36.3 Å². The molecule has 4 heteroatoms. The molecule has 4 nitrogen and oxygen atoms in total. The van der Waals surface area contributed by atoms with E-state index >= 15 is 0 Å². The van der Waals surface area contributed by atoms with Gasteiger partial charge in [0, 0.05) is 25.7 Å². The molecule has 0 amide bonds. The van der Waals surface area contributed by atoms with Crippen LogP contribution < -0.4 is 10.6 Å². The maximum Gasteiger partial charge on any atom is 0.191 e. The van der Waals surface area contributed by atoms with Gasteiger partial charge in [-0.3, -0.25) is 4.99 Å². The second-order valence-electron chi connectivity index (χ2n) is 5.73. The minimum absolute atomic E-state index is 0.651. The number of likely N-dealkylation sites (tertiary alicyclic amines) is 1. The molecule has 1 heterocycles. The zero-order chi connectivity index (χ0) is 13.0. The van der Waals surface area contributed by atoms with Crippen LogP contribution in [-0.4, -0.2) is 49.6 Å². The van der Waals surface area contributed by atoms with E-state index in [4.69, 9.17) is 4.99 Å². The SMILES string of the molecule is CCNC(=NCC1CCN(CC)C1)NC1CC1C. The molecule has 1 aliphatic carbocycles. The number of nitrogens with zero attached hydrogens (tertiary/aromatic N) is 2. The zero-order valence-corrected chi connectivity index (χ0v) is 12.1. The molecule has 3 atom stereocenters. The smallest absolute Gasteiger partial charge is 0.191 e. The first-order valence-corrected chi connectivity index (χ1v) is 7.50. The average Bonchev–Trinajstić information content (AvgIpc) is 2.89. The van der Waals surface area contributed by atoms with Gasteiger partial charge < -0.3 is 15.5 Å². The average molecular weight is 252 g/mol. The van der Waals surface area contributed by atoms with Crippen LogP contribution in [0.1, 0.15) is 33.6 Å². The van der Waals surface area contributed by atoms with Gasteiger partial charge in [-0.1, -0.05) is 13.8 Å². The summed E-state index contributed by atoms with van der Waals surface area (Å²) in [6, 6.07) is 0.651. The molecule has 1 saturated carbocycles. The Kier molecular flexibility index (Phi) is 4.87. The van der Waals surface area contributed by atoms with Crippen LogP contribution in [0.25, 0.3) is 0 Å². The van der Waals surface area contributed by atoms with Crippen LogP contribution in [0.15, 0.2) is 4.99 Å². The summed E-state index contributed by atoms with van der Waals surface area (Å²) in [4.78, 5) is 7.26. The van der Waals surface area contributed by atoms with Gasteiger partial charge in [-0.2, -0.15) is 0 Å². The lowest BCUT2D eigenvalue weighted by Gasteiger charge is -2.14. The Bertz CT molecular complexity index is 290. The van der Waals surface area contributed by atoms with E-state index in [1.807, 2.05) is 0 Å². The van der Waals surface area contributed by atoms with Gasteiger partial charge in [-0.15, -0.1) is 0 Å². The van der Waals surface area contributed by atoms with Crippen molar-refractivity contribution >= 4 is 5.96 Å². The van der Waals surface area contributed by atoms with Gasteiger partial charge in [0.15, 0.2) is 5.96 Å². The van der Waals surface area contributed by atoms with Crippen molar-refractivity contribution in [1.82, 2.24) is 15.5 Å². The molecule has 2 rings (SSSR count). The lowest BCUT2D eigenvalue weighted by molar-refractivity contribution is 0.343. The minimum atomic E-state index is 0.651. The van der Waals surface area contributed by atoms with Crippen LogP contribution in [0.2, 0.25) is 0 Å². The first-order chi connectivity index (χ1) is 8.72. The molecule has 0 bridgehead atoms. The van der Waals surface area contributed by atoms with E-state index in [-0.39, 0.29) is 0 Å². The van der Waals surface area contributed by atoms with Crippen molar-refractivity contribution in [1.29, 1.82) is 0 Å². The molecule has 0 aromatic carbocycles. The number of hydrogen-bond donors (Lipinski definition) is 2. The van der Waals surface area contributed by atoms with E-state index in [1.54, 1.807) is 0 Å². The van der Waals surface area contributed by atoms with Gasteiger partial charge in [0.1, 0.15) is 0 Å². The van der Waals surface area contributed by atoms with Crippen molar-refractivity contribution in [2.75, 3.05) is 32.7 Å². The minimum Gasteiger partial charge on any atom is -0.357 e. The van der Waals surface area contributed by atoms with E-state index in [1.165, 1.54) is 32.5 Å². The maximum atomic E-state index is 4.75. The fourth-order valence-corrected chi connectivity index (χ4v) is 2.59. The first-order valence-electron chi connectivity index (χ1n) is 7.50. The molecule has 1 saturated heterocycles. The first kappa shape index (κ1) is 13.7. The predicted molar refractivity (Wildman–Crippen MR) is 76.9 cm³/mol. The zero-order valence-electron chi connectivity index (χ0n) is 12.1. The van der Waals surface area contributed by atoms with Crippen molar-refractivity contribution in [3.05, 3.63) is 0 Å². The summed E-state index contributed by atoms with van der Waals surface area (Å²) in [5.41, 5.74) is 0. The molecule has 0 aromatic rings. The molecule has 18 heavy (non-hydrogen) atoms. The Morgan fingerprint density at radius 2 is 2.17 bits per heavy atom. The fraction of sp³-hybridized carbons (Fsp3) is 0.929. The lowest BCUT2D eigenvalue weighted by atomic mass is 10.1. The molecule has 2 aliphatic rings. The molecule has 2 N–H and O–H groups in total. The molecule has 0 aromatic heterocycles. The molecule has 104 valence electrons. The Morgan fingerprint density at radius 1 is 1.39 bits per heavy atom. The Morgan fingerprint density at radius 3 is 2.72 bits per heavy atom. The topological polar surface area (TPSA) is 39.7 Å². The Balaban J connectivity index is 1.76. The van der Waals surface area contributed by atoms with Crippen LogP contribution in [0.4, 0.5) is 0 Å². The number of guanidine groups is 1. The highest BCUT2D eigenvalue weighted by Gasteiger charge is 2.33. The van der Waals surface area contributed by atoms with Crippen LogP contribution in [0.3, 0.4) is 0 Å². The molecule has 1 aliphatic heterocycles. The molecular weight excluding hydrogens is 224 g/mol. The van der Waals surface area contributed by atoms with Crippen LogP contribution in [0, 0.1) is 11.8 Å². The summed E-state index contributed by atoms with van der Waals surface area (Å²) in [6.07, 6.45) is 2.59. The quantitative estimate of drug-likeness (QED) is 0.572. The van der Waals surface area contributed by atoms with E-state index in [9.17, 15) is 0 Å². The molecule has 3 unspecified atom stereocenters. The third-order valence-electron chi connectivity index (χ3n) is 4.10. The van der Waals surface area contributed by atoms with Gasteiger partial charge >= 0.3 is 0 Å². The Labute approximate surface area is 111 Å². The van der Waals surface area contributed by atoms with Crippen LogP contribution in [0.5, 0.6) is 0 Å². The van der Waals surface area contributed by atoms with Crippen molar-refractivity contribution < 1.29 is 0 Å². The summed E-state index contributed by atoms with van der Waals surface area (Å²) < 4.78 is 0. The highest BCUT2D eigenvalue weighted by molar-refractivity contribution is 5.80. The van der Waals surface area contributed by atoms with Crippen molar-refractivity contribution in [2.45, 2.75) is 39.7 Å². The maximum absolute atomic E-state index is 4.75. The van der Waals surface area contributed by atoms with E-state index in [0.717, 1.165) is 30.9 Å². The normalized spacial score (nSPS) is 32.6. The van der Waals surface area contributed by atoms with Crippen LogP contribution in [-0.2, 0) is 0 Å². The van der Waals surface area contributed by atoms with Gasteiger partial charge in [0.05, 0.1) is 0 Å². The molecule has 0 spiro atoms. The van der Waals surface area contributed by atoms with Crippen molar-refractivity contribution in [2.24, 2.45) is 16.8 Å². The Hall–Kier alpha value is -0.770. The van der Waals surface area contributed by atoms with Gasteiger partial charge in [-0.25, -0.2) is 0 Å². The number of aliphatic imine (C=N–C) groups is 1. The monoisotopic (exact) mass is 252 g/mol. The summed E-state index contributed by atoms with van der Waals surface area (Å²) >= 11 is 0. The van der Waals surface area contributed by atoms with Crippen molar-refractivity contribution in [3.63, 3.8) is 0 Å². The van der Waals surface area contributed by atoms with Crippen LogP contribution >= 0.6 is 0 Å². The van der Waals surface area contributed by atoms with Gasteiger partial charge in [0.2, 0.25) is 0 Å². The third kappa shape index (κ3) is 3.87. The standard InChI is InChI=1S/C14H28N4/c1-4-15-14(17-13-8-11(13)3)16-9-12-6-7-18(5-2)10-12/h11-13H,4-10H2,1-3H3,(H2,15,16,17). The highest BCUT2D eigenvalue weighted by atomic mass is 15.2. The molecule has 0 radical (unpaired) electrons. The number of rotatable bonds is 5. The second kappa shape index (κ2) is 6.41. The number of nitrogens with one attached hydrogen (secondary N) is 2.